The quantitative estimate of drug-likeness (QED) is 0.302. The fraction of sp³-hybridized carbons (Fsp3) is 0.0870. The van der Waals surface area contributed by atoms with E-state index in [-0.39, 0.29) is 0 Å². The fourth-order valence-corrected chi connectivity index (χ4v) is 3.37. The van der Waals surface area contributed by atoms with Crippen LogP contribution in [0.1, 0.15) is 11.1 Å². The monoisotopic (exact) mass is 423 g/mol. The van der Waals surface area contributed by atoms with Crippen LogP contribution in [0.25, 0.3) is 21.5 Å². The number of amides is 1. The van der Waals surface area contributed by atoms with Crippen molar-refractivity contribution in [3.63, 3.8) is 0 Å². The molecule has 0 saturated carbocycles. The van der Waals surface area contributed by atoms with Crippen LogP contribution in [-0.2, 0) is 17.5 Å². The summed E-state index contributed by atoms with van der Waals surface area (Å²) >= 11 is 0. The number of alkyl halides is 3. The molecule has 0 unspecified atom stereocenters. The number of halogens is 3. The first-order valence-electron chi connectivity index (χ1n) is 9.33. The predicted molar refractivity (Wildman–Crippen MR) is 113 cm³/mol. The second-order valence-corrected chi connectivity index (χ2v) is 6.91. The number of carbonyl (C=O) groups excluding carboxylic acids is 1. The number of fused-ring (bicyclic) bond motifs is 2. The highest BCUT2D eigenvalue weighted by Gasteiger charge is 2.31. The molecule has 4 rings (SSSR count). The first kappa shape index (κ1) is 20.3. The third-order valence-corrected chi connectivity index (χ3v) is 4.82. The van der Waals surface area contributed by atoms with E-state index in [9.17, 15) is 22.8 Å². The maximum atomic E-state index is 12.8. The Morgan fingerprint density at radius 3 is 2.19 bits per heavy atom. The Balaban J connectivity index is 1.59. The van der Waals surface area contributed by atoms with Gasteiger partial charge < -0.3 is 4.57 Å². The van der Waals surface area contributed by atoms with Gasteiger partial charge in [-0.3, -0.25) is 9.59 Å². The Bertz CT molecular complexity index is 1320. The van der Waals surface area contributed by atoms with E-state index in [1.165, 1.54) is 6.21 Å². The van der Waals surface area contributed by atoms with E-state index in [4.69, 9.17) is 0 Å². The van der Waals surface area contributed by atoms with Crippen molar-refractivity contribution in [1.29, 1.82) is 0 Å². The molecular weight excluding hydrogens is 407 g/mol. The fourth-order valence-electron chi connectivity index (χ4n) is 3.37. The number of carbonyl (C=O) groups is 1. The number of nitrogens with zero attached hydrogens (tertiary/aromatic N) is 2. The van der Waals surface area contributed by atoms with E-state index < -0.39 is 29.8 Å². The van der Waals surface area contributed by atoms with Gasteiger partial charge >= 0.3 is 6.18 Å². The van der Waals surface area contributed by atoms with Gasteiger partial charge in [-0.25, -0.2) is 5.43 Å². The van der Waals surface area contributed by atoms with Gasteiger partial charge in [0.1, 0.15) is 6.54 Å². The molecule has 156 valence electrons. The lowest BCUT2D eigenvalue weighted by atomic mass is 9.97. The second-order valence-electron chi connectivity index (χ2n) is 6.91. The largest absolute Gasteiger partial charge is 0.417 e. The van der Waals surface area contributed by atoms with Gasteiger partial charge in [0.2, 0.25) is 0 Å². The lowest BCUT2D eigenvalue weighted by molar-refractivity contribution is -0.138. The Morgan fingerprint density at radius 1 is 0.968 bits per heavy atom. The molecule has 0 saturated heterocycles. The molecule has 1 N–H and O–H groups in total. The molecule has 4 aromatic rings. The first-order valence-corrected chi connectivity index (χ1v) is 9.33. The Labute approximate surface area is 174 Å². The Hall–Kier alpha value is -3.94. The molecule has 0 fully saturated rings. The predicted octanol–water partition coefficient (Wildman–Crippen LogP) is 4.32. The van der Waals surface area contributed by atoms with Crippen LogP contribution in [0.5, 0.6) is 0 Å². The van der Waals surface area contributed by atoms with Crippen molar-refractivity contribution >= 4 is 33.7 Å². The smallest absolute Gasteiger partial charge is 0.305 e. The maximum Gasteiger partial charge on any atom is 0.417 e. The number of hydrogen-bond donors (Lipinski definition) is 1. The molecule has 5 nitrogen and oxygen atoms in total. The summed E-state index contributed by atoms with van der Waals surface area (Å²) in [5.74, 6) is -0.720. The van der Waals surface area contributed by atoms with Crippen molar-refractivity contribution in [2.24, 2.45) is 5.10 Å². The summed E-state index contributed by atoms with van der Waals surface area (Å²) in [6.45, 7) is -0.587. The average Bonchev–Trinajstić information content (AvgIpc) is 2.74. The minimum atomic E-state index is -4.61. The zero-order chi connectivity index (χ0) is 22.0. The molecular formula is C23H16F3N3O2. The van der Waals surface area contributed by atoms with E-state index >= 15 is 0 Å². The number of hydrazone groups is 1. The third-order valence-electron chi connectivity index (χ3n) is 4.82. The lowest BCUT2D eigenvalue weighted by Crippen LogP contribution is -2.30. The topological polar surface area (TPSA) is 63.5 Å². The highest BCUT2D eigenvalue weighted by Crippen LogP contribution is 2.28. The van der Waals surface area contributed by atoms with Gasteiger partial charge in [0.05, 0.1) is 11.8 Å². The zero-order valence-electron chi connectivity index (χ0n) is 16.1. The highest BCUT2D eigenvalue weighted by molar-refractivity contribution is 6.13. The number of hydrogen-bond acceptors (Lipinski definition) is 3. The average molecular weight is 423 g/mol. The van der Waals surface area contributed by atoms with Crippen LogP contribution < -0.4 is 11.0 Å². The SMILES string of the molecule is O=C(Cn1cc(C(F)(F)F)ccc1=O)N/N=C/c1c2ccccc2cc2ccccc12. The van der Waals surface area contributed by atoms with Gasteiger partial charge in [-0.2, -0.15) is 18.3 Å². The standard InChI is InChI=1S/C23H16F3N3O2/c24-23(25,26)17-9-10-22(31)29(13-17)14-21(30)28-27-12-20-18-7-3-1-5-15(18)11-16-6-2-4-8-19(16)20/h1-13H,14H2,(H,28,30)/b27-12+. The highest BCUT2D eigenvalue weighted by atomic mass is 19.4. The summed E-state index contributed by atoms with van der Waals surface area (Å²) in [5.41, 5.74) is 1.36. The summed E-state index contributed by atoms with van der Waals surface area (Å²) in [4.78, 5) is 24.0. The van der Waals surface area contributed by atoms with Crippen molar-refractivity contribution in [2.45, 2.75) is 12.7 Å². The summed E-state index contributed by atoms with van der Waals surface area (Å²) in [6.07, 6.45) is -2.50. The molecule has 0 radical (unpaired) electrons. The normalized spacial score (nSPS) is 12.0. The van der Waals surface area contributed by atoms with Gasteiger partial charge in [0, 0.05) is 17.8 Å². The molecule has 1 amide bonds. The van der Waals surface area contributed by atoms with Crippen LogP contribution in [0.3, 0.4) is 0 Å². The molecule has 0 spiro atoms. The second kappa shape index (κ2) is 8.06. The van der Waals surface area contributed by atoms with Crippen LogP contribution >= 0.6 is 0 Å². The van der Waals surface area contributed by atoms with E-state index in [1.54, 1.807) is 0 Å². The zero-order valence-corrected chi connectivity index (χ0v) is 16.1. The van der Waals surface area contributed by atoms with E-state index in [0.717, 1.165) is 33.2 Å². The van der Waals surface area contributed by atoms with Crippen molar-refractivity contribution < 1.29 is 18.0 Å². The van der Waals surface area contributed by atoms with Gasteiger partial charge in [0.25, 0.3) is 11.5 Å². The van der Waals surface area contributed by atoms with Gasteiger partial charge in [0.15, 0.2) is 0 Å². The van der Waals surface area contributed by atoms with Crippen LogP contribution in [0.4, 0.5) is 13.2 Å². The van der Waals surface area contributed by atoms with Crippen molar-refractivity contribution in [1.82, 2.24) is 9.99 Å². The maximum absolute atomic E-state index is 12.8. The van der Waals surface area contributed by atoms with E-state index in [2.05, 4.69) is 16.6 Å². The summed E-state index contributed by atoms with van der Waals surface area (Å²) in [7, 11) is 0. The Morgan fingerprint density at radius 2 is 1.58 bits per heavy atom. The molecule has 1 heterocycles. The molecule has 0 bridgehead atoms. The van der Waals surface area contributed by atoms with Crippen LogP contribution in [0.2, 0.25) is 0 Å². The van der Waals surface area contributed by atoms with Crippen LogP contribution in [0, 0.1) is 0 Å². The first-order chi connectivity index (χ1) is 14.8. The van der Waals surface area contributed by atoms with Crippen molar-refractivity contribution in [2.75, 3.05) is 0 Å². The van der Waals surface area contributed by atoms with Gasteiger partial charge in [-0.05, 0) is 33.7 Å². The molecule has 3 aromatic carbocycles. The molecule has 8 heteroatoms. The Kier molecular flexibility index (Phi) is 5.29. The molecule has 0 aliphatic heterocycles. The van der Waals surface area contributed by atoms with Gasteiger partial charge in [-0.15, -0.1) is 0 Å². The number of nitrogens with one attached hydrogen (secondary N) is 1. The molecule has 0 atom stereocenters. The molecule has 1 aromatic heterocycles. The molecule has 0 aliphatic carbocycles. The lowest BCUT2D eigenvalue weighted by Gasteiger charge is -2.10. The molecule has 0 aliphatic rings. The van der Waals surface area contributed by atoms with E-state index in [0.29, 0.717) is 16.8 Å². The number of pyridine rings is 1. The minimum Gasteiger partial charge on any atom is -0.305 e. The molecule has 31 heavy (non-hydrogen) atoms. The van der Waals surface area contributed by atoms with Crippen molar-refractivity contribution in [3.05, 3.63) is 94.4 Å². The summed E-state index contributed by atoms with van der Waals surface area (Å²) in [5, 5.41) is 7.86. The van der Waals surface area contributed by atoms with E-state index in [1.807, 2.05) is 48.5 Å². The van der Waals surface area contributed by atoms with Gasteiger partial charge in [-0.1, -0.05) is 48.5 Å². The van der Waals surface area contributed by atoms with Crippen molar-refractivity contribution in [3.8, 4) is 0 Å². The van der Waals surface area contributed by atoms with Crippen LogP contribution in [0.15, 0.2) is 82.8 Å². The number of rotatable bonds is 4. The number of aromatic nitrogens is 1. The summed E-state index contributed by atoms with van der Waals surface area (Å²) < 4.78 is 39.2. The summed E-state index contributed by atoms with van der Waals surface area (Å²) in [6, 6.07) is 19.0. The third kappa shape index (κ3) is 4.32. The minimum absolute atomic E-state index is 0.587. The number of benzene rings is 3. The van der Waals surface area contributed by atoms with Crippen LogP contribution in [-0.4, -0.2) is 16.7 Å².